The lowest BCUT2D eigenvalue weighted by molar-refractivity contribution is 0.0960. The number of nitrogens with one attached hydrogen (secondary N) is 2. The molecule has 3 rings (SSSR count). The van der Waals surface area contributed by atoms with Crippen molar-refractivity contribution in [3.8, 4) is 0 Å². The van der Waals surface area contributed by atoms with Crippen LogP contribution in [-0.4, -0.2) is 28.6 Å². The maximum Gasteiger partial charge on any atom is 0.276 e. The molecule has 0 atom stereocenters. The maximum atomic E-state index is 13.1. The van der Waals surface area contributed by atoms with Crippen LogP contribution < -0.4 is 16.2 Å². The predicted molar refractivity (Wildman–Crippen MR) is 118 cm³/mol. The van der Waals surface area contributed by atoms with Crippen molar-refractivity contribution in [2.75, 3.05) is 12.4 Å². The molecule has 0 fully saturated rings. The van der Waals surface area contributed by atoms with Gasteiger partial charge in [-0.15, -0.1) is 0 Å². The Hall–Kier alpha value is -3.48. The summed E-state index contributed by atoms with van der Waals surface area (Å²) in [7, 11) is 1.56. The third-order valence-electron chi connectivity index (χ3n) is 5.11. The lowest BCUT2D eigenvalue weighted by Crippen LogP contribution is -2.28. The standard InChI is InChI=1S/C23H26N4O3/c1-4-5-8-14-27-23(30)18-11-7-6-10-17(18)20(26-27)22(29)25-19-13-9-12-16(15(19)2)21(28)24-3/h6-7,9-13H,4-5,8,14H2,1-3H3,(H,24,28)(H,25,29). The van der Waals surface area contributed by atoms with Crippen LogP contribution in [0.25, 0.3) is 10.8 Å². The van der Waals surface area contributed by atoms with Gasteiger partial charge in [0.2, 0.25) is 0 Å². The van der Waals surface area contributed by atoms with E-state index in [9.17, 15) is 14.4 Å². The fraction of sp³-hybridized carbons (Fsp3) is 0.304. The number of benzene rings is 2. The zero-order valence-corrected chi connectivity index (χ0v) is 17.5. The van der Waals surface area contributed by atoms with E-state index in [1.54, 1.807) is 56.4 Å². The number of nitrogens with zero attached hydrogens (tertiary/aromatic N) is 2. The highest BCUT2D eigenvalue weighted by Crippen LogP contribution is 2.21. The number of aryl methyl sites for hydroxylation is 1. The highest BCUT2D eigenvalue weighted by Gasteiger charge is 2.18. The fourth-order valence-electron chi connectivity index (χ4n) is 3.40. The zero-order chi connectivity index (χ0) is 21.7. The van der Waals surface area contributed by atoms with E-state index in [2.05, 4.69) is 22.7 Å². The van der Waals surface area contributed by atoms with Gasteiger partial charge in [-0.1, -0.05) is 44.0 Å². The molecule has 0 bridgehead atoms. The van der Waals surface area contributed by atoms with Gasteiger partial charge in [0.25, 0.3) is 17.4 Å². The lowest BCUT2D eigenvalue weighted by Gasteiger charge is -2.14. The first-order valence-corrected chi connectivity index (χ1v) is 10.1. The molecule has 1 aromatic heterocycles. The summed E-state index contributed by atoms with van der Waals surface area (Å²) in [6.45, 7) is 4.32. The number of rotatable bonds is 7. The van der Waals surface area contributed by atoms with E-state index in [0.29, 0.717) is 34.1 Å². The normalized spacial score (nSPS) is 10.8. The van der Waals surface area contributed by atoms with Crippen molar-refractivity contribution in [3.63, 3.8) is 0 Å². The molecule has 0 radical (unpaired) electrons. The summed E-state index contributed by atoms with van der Waals surface area (Å²) in [5.41, 5.74) is 1.65. The molecule has 7 heteroatoms. The molecule has 0 aliphatic rings. The molecule has 0 spiro atoms. The first-order valence-electron chi connectivity index (χ1n) is 10.1. The van der Waals surface area contributed by atoms with Crippen LogP contribution >= 0.6 is 0 Å². The molecule has 0 unspecified atom stereocenters. The van der Waals surface area contributed by atoms with E-state index in [1.165, 1.54) is 4.68 Å². The SMILES string of the molecule is CCCCCn1nc(C(=O)Nc2cccc(C(=O)NC)c2C)c2ccccc2c1=O. The molecule has 156 valence electrons. The number of carbonyl (C=O) groups is 2. The maximum absolute atomic E-state index is 13.1. The Morgan fingerprint density at radius 2 is 1.73 bits per heavy atom. The Balaban J connectivity index is 2.02. The number of aromatic nitrogens is 2. The van der Waals surface area contributed by atoms with Crippen molar-refractivity contribution < 1.29 is 9.59 Å². The van der Waals surface area contributed by atoms with Crippen LogP contribution in [0.15, 0.2) is 47.3 Å². The second-order valence-electron chi connectivity index (χ2n) is 7.14. The van der Waals surface area contributed by atoms with E-state index >= 15 is 0 Å². The minimum atomic E-state index is -0.424. The topological polar surface area (TPSA) is 93.1 Å². The molecule has 0 saturated heterocycles. The van der Waals surface area contributed by atoms with Gasteiger partial charge in [0, 0.05) is 30.2 Å². The summed E-state index contributed by atoms with van der Waals surface area (Å²) in [5, 5.41) is 10.8. The monoisotopic (exact) mass is 406 g/mol. The lowest BCUT2D eigenvalue weighted by atomic mass is 10.1. The van der Waals surface area contributed by atoms with E-state index in [-0.39, 0.29) is 17.2 Å². The number of carbonyl (C=O) groups excluding carboxylic acids is 2. The molecule has 0 saturated carbocycles. The van der Waals surface area contributed by atoms with E-state index in [1.807, 2.05) is 0 Å². The Bertz CT molecular complexity index is 1150. The third kappa shape index (κ3) is 4.25. The highest BCUT2D eigenvalue weighted by molar-refractivity contribution is 6.11. The van der Waals surface area contributed by atoms with Crippen LogP contribution in [0.2, 0.25) is 0 Å². The van der Waals surface area contributed by atoms with Crippen molar-refractivity contribution in [1.29, 1.82) is 0 Å². The van der Waals surface area contributed by atoms with Crippen LogP contribution in [0, 0.1) is 6.92 Å². The van der Waals surface area contributed by atoms with E-state index in [0.717, 1.165) is 19.3 Å². The number of anilines is 1. The van der Waals surface area contributed by atoms with Gasteiger partial charge >= 0.3 is 0 Å². The molecular weight excluding hydrogens is 380 g/mol. The molecule has 2 aromatic carbocycles. The number of hydrogen-bond acceptors (Lipinski definition) is 4. The van der Waals surface area contributed by atoms with Crippen molar-refractivity contribution in [2.24, 2.45) is 0 Å². The molecule has 2 N–H and O–H groups in total. The quantitative estimate of drug-likeness (QED) is 0.587. The number of amides is 2. The molecule has 7 nitrogen and oxygen atoms in total. The summed E-state index contributed by atoms with van der Waals surface area (Å²) in [6, 6.07) is 12.1. The van der Waals surface area contributed by atoms with E-state index in [4.69, 9.17) is 0 Å². The van der Waals surface area contributed by atoms with Gasteiger partial charge in [0.1, 0.15) is 0 Å². The molecule has 0 aliphatic heterocycles. The largest absolute Gasteiger partial charge is 0.355 e. The molecule has 2 amide bonds. The first kappa shape index (κ1) is 21.2. The second kappa shape index (κ2) is 9.35. The second-order valence-corrected chi connectivity index (χ2v) is 7.14. The van der Waals surface area contributed by atoms with Gasteiger partial charge in [0.15, 0.2) is 5.69 Å². The highest BCUT2D eigenvalue weighted by atomic mass is 16.2. The minimum absolute atomic E-state index is 0.187. The van der Waals surface area contributed by atoms with Crippen LogP contribution in [0.4, 0.5) is 5.69 Å². The average molecular weight is 406 g/mol. The summed E-state index contributed by atoms with van der Waals surface area (Å²) in [4.78, 5) is 38.0. The van der Waals surface area contributed by atoms with Crippen LogP contribution in [0.3, 0.4) is 0 Å². The Kier molecular flexibility index (Phi) is 6.61. The smallest absolute Gasteiger partial charge is 0.276 e. The Morgan fingerprint density at radius 3 is 2.43 bits per heavy atom. The number of unbranched alkanes of at least 4 members (excludes halogenated alkanes) is 2. The van der Waals surface area contributed by atoms with Crippen molar-refractivity contribution in [1.82, 2.24) is 15.1 Å². The molecule has 30 heavy (non-hydrogen) atoms. The number of hydrogen-bond donors (Lipinski definition) is 2. The summed E-state index contributed by atoms with van der Waals surface area (Å²) >= 11 is 0. The van der Waals surface area contributed by atoms with Crippen LogP contribution in [0.1, 0.15) is 52.6 Å². The Labute approximate surface area is 175 Å². The number of fused-ring (bicyclic) bond motifs is 1. The van der Waals surface area contributed by atoms with Gasteiger partial charge in [-0.2, -0.15) is 5.10 Å². The van der Waals surface area contributed by atoms with Crippen molar-refractivity contribution >= 4 is 28.3 Å². The average Bonchev–Trinajstić information content (AvgIpc) is 2.76. The third-order valence-corrected chi connectivity index (χ3v) is 5.11. The van der Waals surface area contributed by atoms with E-state index < -0.39 is 5.91 Å². The molecular formula is C23H26N4O3. The minimum Gasteiger partial charge on any atom is -0.355 e. The van der Waals surface area contributed by atoms with Crippen molar-refractivity contribution in [3.05, 3.63) is 69.6 Å². The van der Waals surface area contributed by atoms with Crippen LogP contribution in [0.5, 0.6) is 0 Å². The van der Waals surface area contributed by atoms with Crippen molar-refractivity contribution in [2.45, 2.75) is 39.7 Å². The molecule has 3 aromatic rings. The van der Waals surface area contributed by atoms with Crippen LogP contribution in [-0.2, 0) is 6.54 Å². The van der Waals surface area contributed by atoms with Gasteiger partial charge in [-0.25, -0.2) is 4.68 Å². The first-order chi connectivity index (χ1) is 14.5. The zero-order valence-electron chi connectivity index (χ0n) is 17.5. The van der Waals surface area contributed by atoms with Gasteiger partial charge in [-0.3, -0.25) is 14.4 Å². The summed E-state index contributed by atoms with van der Waals surface area (Å²) in [5.74, 6) is -0.649. The predicted octanol–water partition coefficient (Wildman–Crippen LogP) is 3.51. The van der Waals surface area contributed by atoms with Gasteiger partial charge in [0.05, 0.1) is 5.39 Å². The summed E-state index contributed by atoms with van der Waals surface area (Å²) in [6.07, 6.45) is 2.82. The Morgan fingerprint density at radius 1 is 1.00 bits per heavy atom. The molecule has 0 aliphatic carbocycles. The van der Waals surface area contributed by atoms with Gasteiger partial charge in [-0.05, 0) is 37.1 Å². The fourth-order valence-corrected chi connectivity index (χ4v) is 3.40. The summed E-state index contributed by atoms with van der Waals surface area (Å²) < 4.78 is 1.38. The molecule has 1 heterocycles. The van der Waals surface area contributed by atoms with Gasteiger partial charge < -0.3 is 10.6 Å².